The van der Waals surface area contributed by atoms with Crippen molar-refractivity contribution in [3.63, 3.8) is 0 Å². The van der Waals surface area contributed by atoms with Crippen molar-refractivity contribution in [3.05, 3.63) is 28.3 Å². The van der Waals surface area contributed by atoms with E-state index in [9.17, 15) is 13.2 Å². The lowest BCUT2D eigenvalue weighted by molar-refractivity contribution is -0.122. The first-order valence-electron chi connectivity index (χ1n) is 6.79. The fraction of sp³-hybridized carbons (Fsp3) is 0.500. The SMILES string of the molecule is Cc1cc(S(=O)(=O)N2CCC(C(N)=O)CC2)c(C)cc1Cl. The number of hydrogen-bond donors (Lipinski definition) is 1. The molecule has 0 spiro atoms. The molecule has 0 radical (unpaired) electrons. The summed E-state index contributed by atoms with van der Waals surface area (Å²) in [5.41, 5.74) is 6.63. The van der Waals surface area contributed by atoms with Gasteiger partial charge in [-0.05, 0) is 49.9 Å². The summed E-state index contributed by atoms with van der Waals surface area (Å²) in [5.74, 6) is -0.588. The minimum absolute atomic E-state index is 0.232. The number of hydrogen-bond acceptors (Lipinski definition) is 3. The van der Waals surface area contributed by atoms with Gasteiger partial charge in [0.1, 0.15) is 0 Å². The number of piperidine rings is 1. The van der Waals surface area contributed by atoms with E-state index in [4.69, 9.17) is 17.3 Å². The number of amides is 1. The lowest BCUT2D eigenvalue weighted by Crippen LogP contribution is -2.41. The highest BCUT2D eigenvalue weighted by Crippen LogP contribution is 2.28. The van der Waals surface area contributed by atoms with Gasteiger partial charge >= 0.3 is 0 Å². The maximum Gasteiger partial charge on any atom is 0.243 e. The van der Waals surface area contributed by atoms with Gasteiger partial charge in [0.05, 0.1) is 4.90 Å². The third-order valence-corrected chi connectivity index (χ3v) is 6.38. The predicted octanol–water partition coefficient (Wildman–Crippen LogP) is 1.84. The van der Waals surface area contributed by atoms with Gasteiger partial charge in [0, 0.05) is 24.0 Å². The summed E-state index contributed by atoms with van der Waals surface area (Å²) in [6.07, 6.45) is 0.945. The van der Waals surface area contributed by atoms with Crippen LogP contribution in [0.5, 0.6) is 0 Å². The van der Waals surface area contributed by atoms with E-state index in [0.717, 1.165) is 5.56 Å². The Hall–Kier alpha value is -1.11. The number of sulfonamides is 1. The molecule has 1 aromatic carbocycles. The molecule has 7 heteroatoms. The van der Waals surface area contributed by atoms with Crippen molar-refractivity contribution in [2.45, 2.75) is 31.6 Å². The topological polar surface area (TPSA) is 80.5 Å². The Morgan fingerprint density at radius 2 is 1.81 bits per heavy atom. The second-order valence-electron chi connectivity index (χ2n) is 5.45. The number of benzene rings is 1. The molecular weight excluding hydrogens is 312 g/mol. The van der Waals surface area contributed by atoms with Gasteiger partial charge in [-0.1, -0.05) is 11.6 Å². The van der Waals surface area contributed by atoms with Gasteiger partial charge in [0.15, 0.2) is 0 Å². The molecule has 2 rings (SSSR count). The molecule has 5 nitrogen and oxygen atoms in total. The van der Waals surface area contributed by atoms with Crippen molar-refractivity contribution >= 4 is 27.5 Å². The third-order valence-electron chi connectivity index (χ3n) is 3.93. The molecule has 0 aromatic heterocycles. The van der Waals surface area contributed by atoms with Crippen molar-refractivity contribution in [3.8, 4) is 0 Å². The van der Waals surface area contributed by atoms with Crippen molar-refractivity contribution in [2.75, 3.05) is 13.1 Å². The maximum atomic E-state index is 12.7. The zero-order chi connectivity index (χ0) is 15.8. The molecule has 2 N–H and O–H groups in total. The first kappa shape index (κ1) is 16.3. The Morgan fingerprint density at radius 1 is 1.24 bits per heavy atom. The quantitative estimate of drug-likeness (QED) is 0.918. The Labute approximate surface area is 130 Å². The number of nitrogens with zero attached hydrogens (tertiary/aromatic N) is 1. The van der Waals surface area contributed by atoms with Crippen molar-refractivity contribution in [2.24, 2.45) is 11.7 Å². The molecule has 0 aliphatic carbocycles. The monoisotopic (exact) mass is 330 g/mol. The van der Waals surface area contributed by atoms with Crippen LogP contribution in [-0.2, 0) is 14.8 Å². The Bertz CT molecular complexity index is 665. The summed E-state index contributed by atoms with van der Waals surface area (Å²) in [4.78, 5) is 11.4. The summed E-state index contributed by atoms with van der Waals surface area (Å²) in [5, 5.41) is 0.555. The van der Waals surface area contributed by atoms with Crippen LogP contribution in [0.25, 0.3) is 0 Å². The molecule has 0 atom stereocenters. The summed E-state index contributed by atoms with van der Waals surface area (Å²) in [7, 11) is -3.56. The van der Waals surface area contributed by atoms with E-state index in [0.29, 0.717) is 36.5 Å². The minimum atomic E-state index is -3.56. The largest absolute Gasteiger partial charge is 0.369 e. The highest BCUT2D eigenvalue weighted by Gasteiger charge is 2.32. The lowest BCUT2D eigenvalue weighted by atomic mass is 9.98. The van der Waals surface area contributed by atoms with Gasteiger partial charge < -0.3 is 5.73 Å². The molecule has 1 fully saturated rings. The number of carbonyl (C=O) groups is 1. The molecule has 0 unspecified atom stereocenters. The average Bonchev–Trinajstić information content (AvgIpc) is 2.42. The minimum Gasteiger partial charge on any atom is -0.369 e. The second-order valence-corrected chi connectivity index (χ2v) is 7.76. The van der Waals surface area contributed by atoms with Gasteiger partial charge in [-0.15, -0.1) is 0 Å². The second kappa shape index (κ2) is 5.94. The number of primary amides is 1. The number of rotatable bonds is 3. The molecule has 1 aliphatic rings. The normalized spacial score (nSPS) is 17.9. The molecule has 0 bridgehead atoms. The molecule has 1 heterocycles. The summed E-state index contributed by atoms with van der Waals surface area (Å²) in [6, 6.07) is 3.27. The van der Waals surface area contributed by atoms with Crippen molar-refractivity contribution in [1.29, 1.82) is 0 Å². The molecule has 1 aromatic rings. The Kier molecular flexibility index (Phi) is 4.60. The van der Waals surface area contributed by atoms with E-state index < -0.39 is 10.0 Å². The van der Waals surface area contributed by atoms with E-state index >= 15 is 0 Å². The maximum absolute atomic E-state index is 12.7. The van der Waals surface area contributed by atoms with Crippen LogP contribution in [0.3, 0.4) is 0 Å². The Morgan fingerprint density at radius 3 is 2.33 bits per heavy atom. The van der Waals surface area contributed by atoms with E-state index in [1.807, 2.05) is 0 Å². The fourth-order valence-electron chi connectivity index (χ4n) is 2.55. The smallest absolute Gasteiger partial charge is 0.243 e. The summed E-state index contributed by atoms with van der Waals surface area (Å²) >= 11 is 6.02. The zero-order valence-corrected chi connectivity index (χ0v) is 13.7. The van der Waals surface area contributed by atoms with Gasteiger partial charge in [0.25, 0.3) is 0 Å². The van der Waals surface area contributed by atoms with Crippen LogP contribution in [-0.4, -0.2) is 31.7 Å². The van der Waals surface area contributed by atoms with Crippen molar-refractivity contribution < 1.29 is 13.2 Å². The predicted molar refractivity (Wildman–Crippen MR) is 81.6 cm³/mol. The van der Waals surface area contributed by atoms with Gasteiger partial charge in [-0.25, -0.2) is 8.42 Å². The first-order chi connectivity index (χ1) is 9.73. The summed E-state index contributed by atoms with van der Waals surface area (Å²) < 4.78 is 26.8. The zero-order valence-electron chi connectivity index (χ0n) is 12.1. The highest BCUT2D eigenvalue weighted by atomic mass is 35.5. The molecule has 1 amide bonds. The molecule has 1 saturated heterocycles. The highest BCUT2D eigenvalue weighted by molar-refractivity contribution is 7.89. The molecule has 116 valence electrons. The number of aryl methyl sites for hydroxylation is 2. The average molecular weight is 331 g/mol. The Balaban J connectivity index is 2.28. The fourth-order valence-corrected chi connectivity index (χ4v) is 4.53. The van der Waals surface area contributed by atoms with E-state index in [-0.39, 0.29) is 16.7 Å². The van der Waals surface area contributed by atoms with Crippen LogP contribution in [0, 0.1) is 19.8 Å². The van der Waals surface area contributed by atoms with E-state index in [2.05, 4.69) is 0 Å². The number of carbonyl (C=O) groups excluding carboxylic acids is 1. The third kappa shape index (κ3) is 3.22. The molecule has 0 saturated carbocycles. The van der Waals surface area contributed by atoms with Crippen LogP contribution in [0.4, 0.5) is 0 Å². The molecule has 21 heavy (non-hydrogen) atoms. The van der Waals surface area contributed by atoms with Gasteiger partial charge in [0.2, 0.25) is 15.9 Å². The van der Waals surface area contributed by atoms with Crippen LogP contribution in [0.1, 0.15) is 24.0 Å². The lowest BCUT2D eigenvalue weighted by Gasteiger charge is -2.30. The summed E-state index contributed by atoms with van der Waals surface area (Å²) in [6.45, 7) is 4.14. The van der Waals surface area contributed by atoms with Gasteiger partial charge in [-0.3, -0.25) is 4.79 Å². The van der Waals surface area contributed by atoms with Crippen molar-refractivity contribution in [1.82, 2.24) is 4.31 Å². The van der Waals surface area contributed by atoms with Gasteiger partial charge in [-0.2, -0.15) is 4.31 Å². The molecular formula is C14H19ClN2O3S. The number of nitrogens with two attached hydrogens (primary N) is 1. The first-order valence-corrected chi connectivity index (χ1v) is 8.61. The van der Waals surface area contributed by atoms with Crippen LogP contribution >= 0.6 is 11.6 Å². The van der Waals surface area contributed by atoms with Crippen LogP contribution in [0.2, 0.25) is 5.02 Å². The van der Waals surface area contributed by atoms with E-state index in [1.54, 1.807) is 26.0 Å². The number of halogens is 1. The molecule has 1 aliphatic heterocycles. The standard InChI is InChI=1S/C14H19ClN2O3S/c1-9-8-13(10(2)7-12(9)15)21(19,20)17-5-3-11(4-6-17)14(16)18/h7-8,11H,3-6H2,1-2H3,(H2,16,18). The van der Waals surface area contributed by atoms with E-state index in [1.165, 1.54) is 4.31 Å². The van der Waals surface area contributed by atoms with Crippen LogP contribution in [0.15, 0.2) is 17.0 Å². The van der Waals surface area contributed by atoms with Crippen LogP contribution < -0.4 is 5.73 Å².